The van der Waals surface area contributed by atoms with Gasteiger partial charge in [0.1, 0.15) is 0 Å². The average Bonchev–Trinajstić information content (AvgIpc) is 2.60. The predicted molar refractivity (Wildman–Crippen MR) is 98.3 cm³/mol. The van der Waals surface area contributed by atoms with Crippen molar-refractivity contribution in [2.75, 3.05) is 26.2 Å². The largest absolute Gasteiger partial charge is 0.297 e. The molecule has 0 spiro atoms. The van der Waals surface area contributed by atoms with Crippen molar-refractivity contribution in [1.29, 1.82) is 0 Å². The van der Waals surface area contributed by atoms with E-state index in [2.05, 4.69) is 74.0 Å². The smallest absolute Gasteiger partial charge is 0.0346 e. The van der Waals surface area contributed by atoms with Crippen LogP contribution in [0.25, 0.3) is 0 Å². The van der Waals surface area contributed by atoms with Gasteiger partial charge in [0.05, 0.1) is 0 Å². The van der Waals surface area contributed by atoms with Crippen LogP contribution in [0.2, 0.25) is 0 Å². The number of benzene rings is 1. The van der Waals surface area contributed by atoms with E-state index in [0.717, 1.165) is 43.6 Å². The molecule has 0 amide bonds. The Kier molecular flexibility index (Phi) is 5.81. The van der Waals surface area contributed by atoms with E-state index in [1.54, 1.807) is 0 Å². The minimum atomic E-state index is 0.533. The quantitative estimate of drug-likeness (QED) is 0.785. The van der Waals surface area contributed by atoms with Crippen LogP contribution in [0.15, 0.2) is 53.3 Å². The van der Waals surface area contributed by atoms with Crippen LogP contribution in [0, 0.1) is 0 Å². The van der Waals surface area contributed by atoms with Crippen molar-refractivity contribution in [3.63, 3.8) is 0 Å². The number of halogens is 1. The number of hydrogen-bond donors (Lipinski definition) is 0. The highest BCUT2D eigenvalue weighted by atomic mass is 79.9. The Hall–Kier alpha value is -1.23. The number of hydrogen-bond acceptors (Lipinski definition) is 3. The molecule has 2 heterocycles. The van der Waals surface area contributed by atoms with Crippen molar-refractivity contribution in [3.8, 4) is 0 Å². The molecule has 1 fully saturated rings. The van der Waals surface area contributed by atoms with Crippen LogP contribution in [-0.4, -0.2) is 41.0 Å². The topological polar surface area (TPSA) is 19.4 Å². The molecule has 3 nitrogen and oxygen atoms in total. The van der Waals surface area contributed by atoms with E-state index in [4.69, 9.17) is 0 Å². The summed E-state index contributed by atoms with van der Waals surface area (Å²) in [6.07, 6.45) is 4.92. The molecule has 1 saturated heterocycles. The summed E-state index contributed by atoms with van der Waals surface area (Å²) in [7, 11) is 0. The average molecular weight is 374 g/mol. The molecule has 1 aromatic carbocycles. The zero-order valence-electron chi connectivity index (χ0n) is 13.7. The van der Waals surface area contributed by atoms with Gasteiger partial charge >= 0.3 is 0 Å². The van der Waals surface area contributed by atoms with E-state index in [1.165, 1.54) is 11.1 Å². The van der Waals surface area contributed by atoms with Gasteiger partial charge in [-0.2, -0.15) is 0 Å². The van der Waals surface area contributed by atoms with Crippen LogP contribution in [0.5, 0.6) is 0 Å². The molecule has 1 aliphatic heterocycles. The Balaban J connectivity index is 1.58. The van der Waals surface area contributed by atoms with Crippen molar-refractivity contribution < 1.29 is 0 Å². The van der Waals surface area contributed by atoms with Gasteiger partial charge in [0, 0.05) is 55.6 Å². The summed E-state index contributed by atoms with van der Waals surface area (Å²) >= 11 is 3.53. The van der Waals surface area contributed by atoms with Gasteiger partial charge < -0.3 is 0 Å². The number of piperazine rings is 1. The maximum atomic E-state index is 4.09. The van der Waals surface area contributed by atoms with Crippen molar-refractivity contribution in [2.24, 2.45) is 0 Å². The fourth-order valence-corrected chi connectivity index (χ4v) is 3.63. The van der Waals surface area contributed by atoms with Gasteiger partial charge in [-0.25, -0.2) is 0 Å². The first-order valence-corrected chi connectivity index (χ1v) is 9.16. The van der Waals surface area contributed by atoms with Crippen LogP contribution >= 0.6 is 15.9 Å². The minimum Gasteiger partial charge on any atom is -0.297 e. The summed E-state index contributed by atoms with van der Waals surface area (Å²) in [6.45, 7) is 7.87. The molecular formula is C19H24BrN3. The lowest BCUT2D eigenvalue weighted by atomic mass is 10.0. The van der Waals surface area contributed by atoms with Crippen LogP contribution in [-0.2, 0) is 6.54 Å². The summed E-state index contributed by atoms with van der Waals surface area (Å²) in [5, 5.41) is 0. The molecule has 4 heteroatoms. The van der Waals surface area contributed by atoms with Gasteiger partial charge in [0.15, 0.2) is 0 Å². The zero-order chi connectivity index (χ0) is 16.1. The minimum absolute atomic E-state index is 0.533. The lowest BCUT2D eigenvalue weighted by Gasteiger charge is -2.39. The van der Waals surface area contributed by atoms with Crippen molar-refractivity contribution in [1.82, 2.24) is 14.8 Å². The Bertz CT molecular complexity index is 592. The highest BCUT2D eigenvalue weighted by Gasteiger charge is 2.23. The Morgan fingerprint density at radius 2 is 1.65 bits per heavy atom. The van der Waals surface area contributed by atoms with E-state index in [-0.39, 0.29) is 0 Å². The van der Waals surface area contributed by atoms with E-state index < -0.39 is 0 Å². The van der Waals surface area contributed by atoms with Gasteiger partial charge in [-0.15, -0.1) is 0 Å². The fourth-order valence-electron chi connectivity index (χ4n) is 3.37. The van der Waals surface area contributed by atoms with E-state index in [9.17, 15) is 0 Å². The predicted octanol–water partition coefficient (Wildman–Crippen LogP) is 4.11. The second kappa shape index (κ2) is 8.04. The summed E-state index contributed by atoms with van der Waals surface area (Å²) in [5.41, 5.74) is 2.78. The Labute approximate surface area is 147 Å². The van der Waals surface area contributed by atoms with E-state index in [1.807, 2.05) is 12.4 Å². The molecule has 0 bridgehead atoms. The maximum absolute atomic E-state index is 4.09. The third kappa shape index (κ3) is 4.40. The second-order valence-corrected chi connectivity index (χ2v) is 7.06. The lowest BCUT2D eigenvalue weighted by molar-refractivity contribution is 0.0896. The second-order valence-electron chi connectivity index (χ2n) is 6.14. The molecule has 1 aromatic heterocycles. The summed E-state index contributed by atoms with van der Waals surface area (Å²) in [4.78, 5) is 9.27. The van der Waals surface area contributed by atoms with Crippen LogP contribution in [0.4, 0.5) is 0 Å². The first-order valence-electron chi connectivity index (χ1n) is 8.37. The van der Waals surface area contributed by atoms with Crippen LogP contribution < -0.4 is 0 Å². The first kappa shape index (κ1) is 16.6. The van der Waals surface area contributed by atoms with Crippen molar-refractivity contribution in [2.45, 2.75) is 25.9 Å². The van der Waals surface area contributed by atoms with Crippen LogP contribution in [0.1, 0.15) is 30.5 Å². The third-order valence-corrected chi connectivity index (χ3v) is 5.17. The SMILES string of the molecule is CCC(c1ccc(Br)cc1)N1CCN(Cc2ccncc2)CC1. The molecule has 2 aromatic rings. The molecule has 0 saturated carbocycles. The number of nitrogens with zero attached hydrogens (tertiary/aromatic N) is 3. The molecular weight excluding hydrogens is 350 g/mol. The Morgan fingerprint density at radius 3 is 2.26 bits per heavy atom. The fraction of sp³-hybridized carbons (Fsp3) is 0.421. The summed E-state index contributed by atoms with van der Waals surface area (Å²) in [5.74, 6) is 0. The molecule has 1 unspecified atom stereocenters. The first-order chi connectivity index (χ1) is 11.3. The number of aromatic nitrogens is 1. The lowest BCUT2D eigenvalue weighted by Crippen LogP contribution is -2.47. The van der Waals surface area contributed by atoms with Gasteiger partial charge in [0.2, 0.25) is 0 Å². The standard InChI is InChI=1S/C19H24BrN3/c1-2-19(17-3-5-18(20)6-4-17)23-13-11-22(12-14-23)15-16-7-9-21-10-8-16/h3-10,19H,2,11-15H2,1H3. The van der Waals surface area contributed by atoms with Crippen molar-refractivity contribution in [3.05, 3.63) is 64.4 Å². The summed E-state index contributed by atoms with van der Waals surface area (Å²) in [6, 6.07) is 13.6. The Morgan fingerprint density at radius 1 is 1.00 bits per heavy atom. The van der Waals surface area contributed by atoms with Gasteiger partial charge in [-0.05, 0) is 41.8 Å². The number of rotatable bonds is 5. The monoisotopic (exact) mass is 373 g/mol. The molecule has 0 radical (unpaired) electrons. The van der Waals surface area contributed by atoms with Crippen LogP contribution in [0.3, 0.4) is 0 Å². The highest BCUT2D eigenvalue weighted by Crippen LogP contribution is 2.26. The highest BCUT2D eigenvalue weighted by molar-refractivity contribution is 9.10. The molecule has 3 rings (SSSR count). The normalized spacial score (nSPS) is 18.0. The molecule has 23 heavy (non-hydrogen) atoms. The summed E-state index contributed by atoms with van der Waals surface area (Å²) < 4.78 is 1.15. The molecule has 0 aliphatic carbocycles. The van der Waals surface area contributed by atoms with Crippen molar-refractivity contribution >= 4 is 15.9 Å². The number of pyridine rings is 1. The third-order valence-electron chi connectivity index (χ3n) is 4.64. The molecule has 122 valence electrons. The maximum Gasteiger partial charge on any atom is 0.0346 e. The van der Waals surface area contributed by atoms with Gasteiger partial charge in [-0.1, -0.05) is 35.0 Å². The van der Waals surface area contributed by atoms with Gasteiger partial charge in [0.25, 0.3) is 0 Å². The molecule has 1 aliphatic rings. The van der Waals surface area contributed by atoms with Gasteiger partial charge in [-0.3, -0.25) is 14.8 Å². The molecule has 0 N–H and O–H groups in total. The van der Waals surface area contributed by atoms with E-state index >= 15 is 0 Å². The zero-order valence-corrected chi connectivity index (χ0v) is 15.2. The molecule has 1 atom stereocenters. The van der Waals surface area contributed by atoms with E-state index in [0.29, 0.717) is 6.04 Å².